The van der Waals surface area contributed by atoms with Crippen molar-refractivity contribution in [3.05, 3.63) is 87.1 Å². The lowest BCUT2D eigenvalue weighted by atomic mass is 9.90. The molecule has 0 saturated carbocycles. The van der Waals surface area contributed by atoms with Crippen LogP contribution < -0.4 is 10.2 Å². The minimum atomic E-state index is -0.148. The second-order valence-corrected chi connectivity index (χ2v) is 8.59. The van der Waals surface area contributed by atoms with Crippen LogP contribution in [0.15, 0.2) is 65.8 Å². The van der Waals surface area contributed by atoms with Crippen molar-refractivity contribution >= 4 is 23.5 Å². The maximum absolute atomic E-state index is 12.4. The molecule has 1 heterocycles. The number of nitrogens with one attached hydrogen (secondary N) is 1. The first-order chi connectivity index (χ1) is 14.2. The molecule has 0 saturated heterocycles. The second kappa shape index (κ2) is 9.05. The number of benzene rings is 2. The van der Waals surface area contributed by atoms with Gasteiger partial charge in [0.2, 0.25) is 0 Å². The summed E-state index contributed by atoms with van der Waals surface area (Å²) in [6.45, 7) is 2.78. The third kappa shape index (κ3) is 5.12. The third-order valence-electron chi connectivity index (χ3n) is 5.04. The zero-order valence-electron chi connectivity index (χ0n) is 16.4. The van der Waals surface area contributed by atoms with Gasteiger partial charge in [-0.15, -0.1) is 11.3 Å². The van der Waals surface area contributed by atoms with Crippen LogP contribution in [0.5, 0.6) is 5.75 Å². The summed E-state index contributed by atoms with van der Waals surface area (Å²) in [5.74, 6) is 1.32. The number of thiophene rings is 1. The zero-order valence-corrected chi connectivity index (χ0v) is 17.2. The van der Waals surface area contributed by atoms with Crippen LogP contribution in [0.25, 0.3) is 0 Å². The molecule has 1 aliphatic carbocycles. The number of hydrogen-bond donors (Lipinski definition) is 1. The molecule has 3 aromatic rings. The Morgan fingerprint density at radius 3 is 2.93 bits per heavy atom. The molecule has 1 N–H and O–H groups in total. The van der Waals surface area contributed by atoms with Crippen molar-refractivity contribution in [2.24, 2.45) is 11.0 Å². The maximum Gasteiger partial charge on any atom is 0.281 e. The number of nitrogens with zero attached hydrogens (tertiary/aromatic N) is 1. The molecule has 0 aliphatic heterocycles. The summed E-state index contributed by atoms with van der Waals surface area (Å²) in [7, 11) is 0. The normalized spacial score (nSPS) is 15.8. The summed E-state index contributed by atoms with van der Waals surface area (Å²) in [5.41, 5.74) is 5.96. The van der Waals surface area contributed by atoms with Crippen molar-refractivity contribution in [3.63, 3.8) is 0 Å². The van der Waals surface area contributed by atoms with E-state index < -0.39 is 0 Å². The quantitative estimate of drug-likeness (QED) is 0.453. The monoisotopic (exact) mass is 404 g/mol. The largest absolute Gasteiger partial charge is 0.489 e. The van der Waals surface area contributed by atoms with Crippen LogP contribution in [-0.2, 0) is 19.4 Å². The third-order valence-corrected chi connectivity index (χ3v) is 6.28. The van der Waals surface area contributed by atoms with Crippen LogP contribution in [0.3, 0.4) is 0 Å². The minimum absolute atomic E-state index is 0.148. The smallest absolute Gasteiger partial charge is 0.281 e. The Balaban J connectivity index is 1.34. The number of rotatable bonds is 6. The Kier molecular flexibility index (Phi) is 6.06. The van der Waals surface area contributed by atoms with Crippen LogP contribution in [-0.4, -0.2) is 12.1 Å². The predicted molar refractivity (Wildman–Crippen MR) is 118 cm³/mol. The molecule has 1 aliphatic rings. The van der Waals surface area contributed by atoms with Gasteiger partial charge >= 0.3 is 0 Å². The number of amides is 1. The first-order valence-electron chi connectivity index (χ1n) is 9.89. The van der Waals surface area contributed by atoms with Crippen LogP contribution in [0.4, 0.5) is 0 Å². The van der Waals surface area contributed by atoms with Gasteiger partial charge in [-0.1, -0.05) is 49.4 Å². The van der Waals surface area contributed by atoms with Crippen LogP contribution in [0.2, 0.25) is 0 Å². The number of fused-ring (bicyclic) bond motifs is 1. The minimum Gasteiger partial charge on any atom is -0.489 e. The molecular weight excluding hydrogens is 380 g/mol. The van der Waals surface area contributed by atoms with E-state index in [9.17, 15) is 4.79 Å². The molecule has 148 valence electrons. The summed E-state index contributed by atoms with van der Waals surface area (Å²) >= 11 is 1.59. The highest BCUT2D eigenvalue weighted by Gasteiger charge is 2.20. The molecule has 29 heavy (non-hydrogen) atoms. The van der Waals surface area contributed by atoms with Gasteiger partial charge in [0.25, 0.3) is 5.91 Å². The van der Waals surface area contributed by atoms with Crippen molar-refractivity contribution in [1.82, 2.24) is 5.43 Å². The number of carbonyl (C=O) groups excluding carboxylic acids is 1. The van der Waals surface area contributed by atoms with Gasteiger partial charge in [-0.3, -0.25) is 4.79 Å². The van der Waals surface area contributed by atoms with Crippen LogP contribution in [0.1, 0.15) is 44.6 Å². The van der Waals surface area contributed by atoms with E-state index in [1.807, 2.05) is 60.7 Å². The SMILES string of the molecule is C[C@@H]1CCc2sc(C(=O)N/N=C\c3cccc(OCc4ccccc4)c3)cc2C1. The number of hydrogen-bond acceptors (Lipinski definition) is 4. The fourth-order valence-electron chi connectivity index (χ4n) is 3.46. The van der Waals surface area contributed by atoms with E-state index in [1.165, 1.54) is 16.9 Å². The second-order valence-electron chi connectivity index (χ2n) is 7.45. The molecule has 5 heteroatoms. The van der Waals surface area contributed by atoms with Crippen molar-refractivity contribution in [1.29, 1.82) is 0 Å². The molecule has 0 unspecified atom stereocenters. The summed E-state index contributed by atoms with van der Waals surface area (Å²) < 4.78 is 5.84. The lowest BCUT2D eigenvalue weighted by Gasteiger charge is -2.16. The fraction of sp³-hybridized carbons (Fsp3) is 0.250. The van der Waals surface area contributed by atoms with E-state index in [0.717, 1.165) is 34.6 Å². The Bertz CT molecular complexity index is 1010. The maximum atomic E-state index is 12.4. The van der Waals surface area contributed by atoms with Crippen molar-refractivity contribution in [2.45, 2.75) is 32.8 Å². The van der Waals surface area contributed by atoms with Gasteiger partial charge in [-0.05, 0) is 60.1 Å². The van der Waals surface area contributed by atoms with Gasteiger partial charge in [-0.2, -0.15) is 5.10 Å². The van der Waals surface area contributed by atoms with Gasteiger partial charge in [0.15, 0.2) is 0 Å². The molecule has 0 bridgehead atoms. The number of carbonyl (C=O) groups is 1. The molecule has 4 rings (SSSR count). The highest BCUT2D eigenvalue weighted by Crippen LogP contribution is 2.32. The Labute approximate surface area is 175 Å². The predicted octanol–water partition coefficient (Wildman–Crippen LogP) is 5.22. The van der Waals surface area contributed by atoms with E-state index in [1.54, 1.807) is 17.6 Å². The summed E-state index contributed by atoms with van der Waals surface area (Å²) in [6.07, 6.45) is 4.99. The van der Waals surface area contributed by atoms with Crippen molar-refractivity contribution in [3.8, 4) is 5.75 Å². The van der Waals surface area contributed by atoms with E-state index in [0.29, 0.717) is 12.5 Å². The van der Waals surface area contributed by atoms with Crippen molar-refractivity contribution in [2.75, 3.05) is 0 Å². The molecule has 4 nitrogen and oxygen atoms in total. The van der Waals surface area contributed by atoms with Gasteiger partial charge in [-0.25, -0.2) is 5.43 Å². The van der Waals surface area contributed by atoms with Gasteiger partial charge in [0.1, 0.15) is 12.4 Å². The molecule has 0 radical (unpaired) electrons. The average Bonchev–Trinajstić information content (AvgIpc) is 3.17. The van der Waals surface area contributed by atoms with Gasteiger partial charge < -0.3 is 4.74 Å². The highest BCUT2D eigenvalue weighted by molar-refractivity contribution is 7.14. The molecular formula is C24H24N2O2S. The molecule has 0 spiro atoms. The number of hydrazone groups is 1. The lowest BCUT2D eigenvalue weighted by molar-refractivity contribution is 0.0959. The molecule has 2 aromatic carbocycles. The van der Waals surface area contributed by atoms with E-state index in [2.05, 4.69) is 17.5 Å². The van der Waals surface area contributed by atoms with Gasteiger partial charge in [0.05, 0.1) is 11.1 Å². The number of ether oxygens (including phenoxy) is 1. The standard InChI is InChI=1S/C24H24N2O2S/c1-17-10-11-22-20(12-17)14-23(29-22)24(27)26-25-15-19-8-5-9-21(13-19)28-16-18-6-3-2-4-7-18/h2-9,13-15,17H,10-12,16H2,1H3,(H,26,27)/b25-15-/t17-/m1/s1. The summed E-state index contributed by atoms with van der Waals surface area (Å²) in [5, 5.41) is 4.13. The first-order valence-corrected chi connectivity index (χ1v) is 10.7. The van der Waals surface area contributed by atoms with Crippen LogP contribution in [0, 0.1) is 5.92 Å². The van der Waals surface area contributed by atoms with Gasteiger partial charge in [0, 0.05) is 4.88 Å². The fourth-order valence-corrected chi connectivity index (χ4v) is 4.56. The molecule has 0 fully saturated rings. The zero-order chi connectivity index (χ0) is 20.1. The molecule has 1 atom stereocenters. The molecule has 1 amide bonds. The van der Waals surface area contributed by atoms with E-state index in [-0.39, 0.29) is 5.91 Å². The Hall–Kier alpha value is -2.92. The summed E-state index contributed by atoms with van der Waals surface area (Å²) in [6, 6.07) is 19.7. The average molecular weight is 405 g/mol. The van der Waals surface area contributed by atoms with E-state index in [4.69, 9.17) is 4.74 Å². The molecule has 1 aromatic heterocycles. The highest BCUT2D eigenvalue weighted by atomic mass is 32.1. The Morgan fingerprint density at radius 2 is 2.07 bits per heavy atom. The van der Waals surface area contributed by atoms with Crippen molar-refractivity contribution < 1.29 is 9.53 Å². The van der Waals surface area contributed by atoms with E-state index >= 15 is 0 Å². The topological polar surface area (TPSA) is 50.7 Å². The van der Waals surface area contributed by atoms with Crippen LogP contribution >= 0.6 is 11.3 Å². The first kappa shape index (κ1) is 19.4. The lowest BCUT2D eigenvalue weighted by Crippen LogP contribution is -2.16. The summed E-state index contributed by atoms with van der Waals surface area (Å²) in [4.78, 5) is 14.5. The Morgan fingerprint density at radius 1 is 1.21 bits per heavy atom. The number of aryl methyl sites for hydroxylation is 1.